The second kappa shape index (κ2) is 6.51. The molecule has 2 N–H and O–H groups in total. The predicted molar refractivity (Wildman–Crippen MR) is 66.1 cm³/mol. The highest BCUT2D eigenvalue weighted by atomic mass is 35.5. The number of sulfonamides is 1. The molecule has 0 radical (unpaired) electrons. The molecule has 13 heteroatoms. The number of nitrogens with one attached hydrogen (secondary N) is 1. The third-order valence-corrected chi connectivity index (χ3v) is 5.64. The van der Waals surface area contributed by atoms with Gasteiger partial charge in [-0.05, 0) is 12.1 Å². The predicted octanol–water partition coefficient (Wildman–Crippen LogP) is 2.78. The maximum absolute atomic E-state index is 12.6. The Morgan fingerprint density at radius 2 is 1.68 bits per heavy atom. The van der Waals surface area contributed by atoms with E-state index >= 15 is 0 Å². The summed E-state index contributed by atoms with van der Waals surface area (Å²) in [5.41, 5.74) is 0. The van der Waals surface area contributed by atoms with Gasteiger partial charge in [0.25, 0.3) is 0 Å². The van der Waals surface area contributed by atoms with Crippen LogP contribution in [0.4, 0.5) is 26.3 Å². The molecule has 0 amide bonds. The Morgan fingerprint density at radius 3 is 2.00 bits per heavy atom. The van der Waals surface area contributed by atoms with Crippen LogP contribution in [0.1, 0.15) is 0 Å². The summed E-state index contributed by atoms with van der Waals surface area (Å²) in [7, 11) is -4.69. The molecule has 1 heterocycles. The zero-order valence-corrected chi connectivity index (χ0v) is 12.6. The third-order valence-electron chi connectivity index (χ3n) is 2.42. The van der Waals surface area contributed by atoms with E-state index in [2.05, 4.69) is 0 Å². The Hall–Kier alpha value is -0.560. The van der Waals surface area contributed by atoms with Crippen LogP contribution in [0.5, 0.6) is 0 Å². The van der Waals surface area contributed by atoms with Crippen LogP contribution in [0, 0.1) is 5.92 Å². The molecule has 0 bridgehead atoms. The zero-order valence-electron chi connectivity index (χ0n) is 10.2. The largest absolute Gasteiger partial charge is 0.402 e. The highest BCUT2D eigenvalue weighted by Gasteiger charge is 2.60. The van der Waals surface area contributed by atoms with E-state index < -0.39 is 45.2 Å². The lowest BCUT2D eigenvalue weighted by Gasteiger charge is -2.29. The van der Waals surface area contributed by atoms with E-state index in [1.165, 1.54) is 4.72 Å². The molecule has 1 atom stereocenters. The monoisotopic (exact) mass is 391 g/mol. The number of aliphatic hydroxyl groups is 1. The molecule has 0 aliphatic heterocycles. The number of thiophene rings is 1. The molecule has 1 aromatic rings. The summed E-state index contributed by atoms with van der Waals surface area (Å²) in [5.74, 6) is -4.05. The van der Waals surface area contributed by atoms with Gasteiger partial charge in [-0.15, -0.1) is 11.3 Å². The van der Waals surface area contributed by atoms with Gasteiger partial charge < -0.3 is 5.11 Å². The molecule has 0 saturated heterocycles. The fourth-order valence-corrected chi connectivity index (χ4v) is 4.29. The molecule has 1 rings (SSSR count). The molecule has 0 aromatic carbocycles. The van der Waals surface area contributed by atoms with Crippen molar-refractivity contribution < 1.29 is 39.9 Å². The van der Waals surface area contributed by atoms with Gasteiger partial charge in [0.05, 0.1) is 17.0 Å². The molecule has 0 saturated carbocycles. The van der Waals surface area contributed by atoms with Gasteiger partial charge in [-0.3, -0.25) is 0 Å². The molecule has 0 aliphatic carbocycles. The second-order valence-corrected chi connectivity index (χ2v) is 7.69. The maximum Gasteiger partial charge on any atom is 0.402 e. The van der Waals surface area contributed by atoms with Crippen LogP contribution >= 0.6 is 22.9 Å². The minimum absolute atomic E-state index is 0.0240. The fourth-order valence-electron chi connectivity index (χ4n) is 1.55. The van der Waals surface area contributed by atoms with E-state index in [1.54, 1.807) is 0 Å². The Bertz CT molecular complexity index is 598. The third kappa shape index (κ3) is 4.72. The average molecular weight is 392 g/mol. The molecule has 0 spiro atoms. The normalized spacial score (nSPS) is 15.3. The molecule has 0 aliphatic rings. The van der Waals surface area contributed by atoms with E-state index in [1.807, 2.05) is 0 Å². The van der Waals surface area contributed by atoms with E-state index in [-0.39, 0.29) is 4.34 Å². The van der Waals surface area contributed by atoms with E-state index in [0.29, 0.717) is 11.3 Å². The van der Waals surface area contributed by atoms with Crippen LogP contribution < -0.4 is 4.72 Å². The maximum atomic E-state index is 12.6. The number of halogens is 7. The molecule has 0 fully saturated rings. The van der Waals surface area contributed by atoms with Gasteiger partial charge in [0, 0.05) is 0 Å². The van der Waals surface area contributed by atoms with Crippen molar-refractivity contribution >= 4 is 33.0 Å². The summed E-state index contributed by atoms with van der Waals surface area (Å²) in [6, 6.07) is -0.787. The van der Waals surface area contributed by atoms with Crippen LogP contribution in [-0.2, 0) is 10.0 Å². The summed E-state index contributed by atoms with van der Waals surface area (Å²) in [4.78, 5) is 0. The molecular formula is C9H8ClF6NO3S2. The minimum atomic E-state index is -5.79. The second-order valence-electron chi connectivity index (χ2n) is 4.03. The van der Waals surface area contributed by atoms with Gasteiger partial charge in [-0.1, -0.05) is 11.6 Å². The number of hydrogen-bond acceptors (Lipinski definition) is 4. The van der Waals surface area contributed by atoms with Gasteiger partial charge in [0.15, 0.2) is 5.92 Å². The van der Waals surface area contributed by atoms with Gasteiger partial charge in [-0.2, -0.15) is 26.3 Å². The summed E-state index contributed by atoms with van der Waals surface area (Å²) in [6.45, 7) is -1.69. The summed E-state index contributed by atoms with van der Waals surface area (Å²) >= 11 is 5.91. The summed E-state index contributed by atoms with van der Waals surface area (Å²) in [6.07, 6.45) is -11.6. The van der Waals surface area contributed by atoms with Crippen molar-refractivity contribution in [3.05, 3.63) is 16.5 Å². The number of hydrogen-bond donors (Lipinski definition) is 2. The van der Waals surface area contributed by atoms with Crippen molar-refractivity contribution in [2.24, 2.45) is 5.92 Å². The molecule has 1 aromatic heterocycles. The van der Waals surface area contributed by atoms with Gasteiger partial charge in [-0.25, -0.2) is 13.1 Å². The number of alkyl halides is 6. The first-order valence-electron chi connectivity index (χ1n) is 5.31. The van der Waals surface area contributed by atoms with Crippen LogP contribution in [-0.4, -0.2) is 38.5 Å². The van der Waals surface area contributed by atoms with Gasteiger partial charge >= 0.3 is 12.4 Å². The van der Waals surface area contributed by atoms with E-state index in [4.69, 9.17) is 16.7 Å². The van der Waals surface area contributed by atoms with Crippen LogP contribution in [0.25, 0.3) is 0 Å². The van der Waals surface area contributed by atoms with Crippen molar-refractivity contribution in [1.82, 2.24) is 4.72 Å². The minimum Gasteiger partial charge on any atom is -0.395 e. The first-order chi connectivity index (χ1) is 9.79. The van der Waals surface area contributed by atoms with Crippen molar-refractivity contribution in [3.8, 4) is 0 Å². The molecule has 22 heavy (non-hydrogen) atoms. The fraction of sp³-hybridized carbons (Fsp3) is 0.556. The van der Waals surface area contributed by atoms with Crippen molar-refractivity contribution in [2.45, 2.75) is 22.6 Å². The lowest BCUT2D eigenvalue weighted by Crippen LogP contribution is -2.54. The Balaban J connectivity index is 3.15. The smallest absolute Gasteiger partial charge is 0.395 e. The standard InChI is InChI=1S/C9H8ClF6NO3S2/c10-5-1-2-6(21-5)22(19,20)17-4(3-18)7(8(11,12)13)9(14,15)16/h1-2,4,7,17-18H,3H2/t4-/m1/s1. The van der Waals surface area contributed by atoms with Crippen LogP contribution in [0.2, 0.25) is 4.34 Å². The highest BCUT2D eigenvalue weighted by molar-refractivity contribution is 7.91. The van der Waals surface area contributed by atoms with E-state index in [0.717, 1.165) is 12.1 Å². The Morgan fingerprint density at radius 1 is 1.18 bits per heavy atom. The van der Waals surface area contributed by atoms with Crippen molar-refractivity contribution in [2.75, 3.05) is 6.61 Å². The van der Waals surface area contributed by atoms with E-state index in [9.17, 15) is 34.8 Å². The topological polar surface area (TPSA) is 66.4 Å². The quantitative estimate of drug-likeness (QED) is 0.759. The number of rotatable bonds is 5. The van der Waals surface area contributed by atoms with Gasteiger partial charge in [0.2, 0.25) is 10.0 Å². The zero-order chi connectivity index (χ0) is 17.3. The lowest BCUT2D eigenvalue weighted by atomic mass is 10.00. The Labute approximate surface area is 129 Å². The van der Waals surface area contributed by atoms with Crippen molar-refractivity contribution in [1.29, 1.82) is 0 Å². The molecule has 4 nitrogen and oxygen atoms in total. The summed E-state index contributed by atoms with van der Waals surface area (Å²) < 4.78 is 99.5. The first kappa shape index (κ1) is 19.5. The van der Waals surface area contributed by atoms with Crippen LogP contribution in [0.3, 0.4) is 0 Å². The lowest BCUT2D eigenvalue weighted by molar-refractivity contribution is -0.292. The highest BCUT2D eigenvalue weighted by Crippen LogP contribution is 2.41. The number of aliphatic hydroxyl groups excluding tert-OH is 1. The molecule has 0 unspecified atom stereocenters. The summed E-state index contributed by atoms with van der Waals surface area (Å²) in [5, 5.41) is 8.79. The van der Waals surface area contributed by atoms with Gasteiger partial charge in [0.1, 0.15) is 4.21 Å². The molecule has 128 valence electrons. The Kier molecular flexibility index (Phi) is 5.77. The van der Waals surface area contributed by atoms with Crippen LogP contribution in [0.15, 0.2) is 16.3 Å². The SMILES string of the molecule is O=S(=O)(N[C@H](CO)C(C(F)(F)F)C(F)(F)F)c1ccc(Cl)s1. The molecular weight excluding hydrogens is 384 g/mol. The average Bonchev–Trinajstić information content (AvgIpc) is 2.71. The van der Waals surface area contributed by atoms with Crippen molar-refractivity contribution in [3.63, 3.8) is 0 Å². The first-order valence-corrected chi connectivity index (χ1v) is 7.98.